The van der Waals surface area contributed by atoms with E-state index in [-0.39, 0.29) is 5.70 Å². The number of nitrogens with two attached hydrogens (primary N) is 1. The highest BCUT2D eigenvalue weighted by atomic mass is 19.1. The third kappa shape index (κ3) is 3.23. The average molecular weight is 170 g/mol. The molecular formula is C9H15FN2. The van der Waals surface area contributed by atoms with Gasteiger partial charge in [-0.25, -0.2) is 4.39 Å². The molecule has 0 heterocycles. The third-order valence-corrected chi connectivity index (χ3v) is 1.42. The van der Waals surface area contributed by atoms with E-state index in [0.717, 1.165) is 0 Å². The Morgan fingerprint density at radius 1 is 1.67 bits per heavy atom. The zero-order valence-electron chi connectivity index (χ0n) is 7.47. The Bertz CT molecular complexity index is 205. The van der Waals surface area contributed by atoms with Gasteiger partial charge in [0.2, 0.25) is 0 Å². The summed E-state index contributed by atoms with van der Waals surface area (Å²) in [6.45, 7) is 6.72. The van der Waals surface area contributed by atoms with Crippen molar-refractivity contribution in [1.29, 1.82) is 0 Å². The van der Waals surface area contributed by atoms with Gasteiger partial charge in [-0.05, 0) is 19.9 Å². The first-order valence-corrected chi connectivity index (χ1v) is 3.70. The van der Waals surface area contributed by atoms with E-state index in [4.69, 9.17) is 5.73 Å². The van der Waals surface area contributed by atoms with Crippen LogP contribution >= 0.6 is 0 Å². The molecule has 0 bridgehead atoms. The molecule has 3 N–H and O–H groups in total. The van der Waals surface area contributed by atoms with Crippen LogP contribution in [-0.2, 0) is 0 Å². The van der Waals surface area contributed by atoms with Crippen molar-refractivity contribution in [1.82, 2.24) is 5.32 Å². The second-order valence-corrected chi connectivity index (χ2v) is 2.56. The van der Waals surface area contributed by atoms with E-state index < -0.39 is 5.67 Å². The van der Waals surface area contributed by atoms with Crippen molar-refractivity contribution < 1.29 is 4.39 Å². The van der Waals surface area contributed by atoms with Crippen LogP contribution in [0.2, 0.25) is 0 Å². The van der Waals surface area contributed by atoms with Crippen molar-refractivity contribution in [2.75, 3.05) is 0 Å². The van der Waals surface area contributed by atoms with Gasteiger partial charge in [0.15, 0.2) is 5.67 Å². The number of hydrogen-bond donors (Lipinski definition) is 2. The lowest BCUT2D eigenvalue weighted by molar-refractivity contribution is 0.299. The van der Waals surface area contributed by atoms with E-state index in [0.29, 0.717) is 0 Å². The standard InChI is InChI=1S/C9H15FN2/c1-4-5-9(3,10)8(2)12-7-6-11/h4-7,12H,2,11H2,1,3H3/b5-4+,7-6-. The van der Waals surface area contributed by atoms with Crippen molar-refractivity contribution >= 4 is 0 Å². The number of allylic oxidation sites excluding steroid dienone is 2. The molecule has 1 atom stereocenters. The van der Waals surface area contributed by atoms with Crippen molar-refractivity contribution in [2.24, 2.45) is 5.73 Å². The van der Waals surface area contributed by atoms with Crippen LogP contribution in [-0.4, -0.2) is 5.67 Å². The largest absolute Gasteiger partial charge is 0.403 e. The normalized spacial score (nSPS) is 16.6. The Morgan fingerprint density at radius 2 is 2.25 bits per heavy atom. The molecule has 0 aromatic rings. The molecule has 12 heavy (non-hydrogen) atoms. The van der Waals surface area contributed by atoms with Gasteiger partial charge >= 0.3 is 0 Å². The summed E-state index contributed by atoms with van der Waals surface area (Å²) in [5.41, 5.74) is 3.80. The van der Waals surface area contributed by atoms with Crippen LogP contribution < -0.4 is 11.1 Å². The number of hydrogen-bond acceptors (Lipinski definition) is 2. The zero-order valence-corrected chi connectivity index (χ0v) is 7.47. The van der Waals surface area contributed by atoms with Gasteiger partial charge in [0.05, 0.1) is 0 Å². The molecule has 68 valence electrons. The lowest BCUT2D eigenvalue weighted by Crippen LogP contribution is -2.25. The fraction of sp³-hybridized carbons (Fsp3) is 0.333. The highest BCUT2D eigenvalue weighted by molar-refractivity contribution is 5.20. The first-order chi connectivity index (χ1) is 5.54. The van der Waals surface area contributed by atoms with E-state index >= 15 is 0 Å². The summed E-state index contributed by atoms with van der Waals surface area (Å²) in [4.78, 5) is 0. The van der Waals surface area contributed by atoms with E-state index in [1.807, 2.05) is 0 Å². The maximum Gasteiger partial charge on any atom is 0.165 e. The van der Waals surface area contributed by atoms with Gasteiger partial charge in [-0.2, -0.15) is 0 Å². The maximum absolute atomic E-state index is 13.5. The molecule has 0 fully saturated rings. The SMILES string of the molecule is C=C(N/C=C\N)C(C)(F)/C=C/C. The molecule has 0 aliphatic carbocycles. The van der Waals surface area contributed by atoms with E-state index in [1.54, 1.807) is 13.0 Å². The number of halogens is 1. The van der Waals surface area contributed by atoms with Crippen LogP contribution in [0.1, 0.15) is 13.8 Å². The molecule has 0 saturated heterocycles. The molecule has 2 nitrogen and oxygen atoms in total. The van der Waals surface area contributed by atoms with Crippen LogP contribution in [0.3, 0.4) is 0 Å². The lowest BCUT2D eigenvalue weighted by atomic mass is 10.1. The van der Waals surface area contributed by atoms with Gasteiger partial charge in [-0.3, -0.25) is 0 Å². The summed E-state index contributed by atoms with van der Waals surface area (Å²) in [5.74, 6) is 0. The number of alkyl halides is 1. The molecule has 0 aromatic heterocycles. The summed E-state index contributed by atoms with van der Waals surface area (Å²) in [5, 5.41) is 2.63. The quantitative estimate of drug-likeness (QED) is 0.632. The van der Waals surface area contributed by atoms with Gasteiger partial charge < -0.3 is 11.1 Å². The number of nitrogens with one attached hydrogen (secondary N) is 1. The monoisotopic (exact) mass is 170 g/mol. The minimum atomic E-state index is -1.53. The first kappa shape index (κ1) is 10.8. The molecule has 0 rings (SSSR count). The van der Waals surface area contributed by atoms with Crippen LogP contribution in [0.5, 0.6) is 0 Å². The Morgan fingerprint density at radius 3 is 2.67 bits per heavy atom. The Balaban J connectivity index is 4.25. The van der Waals surface area contributed by atoms with Crippen LogP contribution in [0.25, 0.3) is 0 Å². The zero-order chi connectivity index (χ0) is 9.61. The van der Waals surface area contributed by atoms with Gasteiger partial charge in [-0.1, -0.05) is 12.7 Å². The molecule has 0 aromatic carbocycles. The minimum Gasteiger partial charge on any atom is -0.403 e. The summed E-state index contributed by atoms with van der Waals surface area (Å²) in [6, 6.07) is 0. The predicted octanol–water partition coefficient (Wildman–Crippen LogP) is 1.82. The molecule has 3 heteroatoms. The van der Waals surface area contributed by atoms with E-state index in [1.165, 1.54) is 25.4 Å². The van der Waals surface area contributed by atoms with Crippen molar-refractivity contribution in [3.8, 4) is 0 Å². The fourth-order valence-corrected chi connectivity index (χ4v) is 0.703. The topological polar surface area (TPSA) is 38.0 Å². The predicted molar refractivity (Wildman–Crippen MR) is 49.9 cm³/mol. The van der Waals surface area contributed by atoms with Gasteiger partial charge in [-0.15, -0.1) is 0 Å². The molecule has 0 aliphatic rings. The first-order valence-electron chi connectivity index (χ1n) is 3.70. The Labute approximate surface area is 72.6 Å². The highest BCUT2D eigenvalue weighted by Crippen LogP contribution is 2.19. The van der Waals surface area contributed by atoms with Crippen LogP contribution in [0, 0.1) is 0 Å². The Kier molecular flexibility index (Phi) is 4.11. The molecule has 0 radical (unpaired) electrons. The van der Waals surface area contributed by atoms with Crippen LogP contribution in [0.4, 0.5) is 4.39 Å². The Hall–Kier alpha value is -1.25. The highest BCUT2D eigenvalue weighted by Gasteiger charge is 2.22. The molecule has 0 aliphatic heterocycles. The van der Waals surface area contributed by atoms with Crippen LogP contribution in [0.15, 0.2) is 36.8 Å². The van der Waals surface area contributed by atoms with Gasteiger partial charge in [0, 0.05) is 18.1 Å². The smallest absolute Gasteiger partial charge is 0.165 e. The number of rotatable bonds is 4. The van der Waals surface area contributed by atoms with Crippen molar-refractivity contribution in [3.05, 3.63) is 36.8 Å². The van der Waals surface area contributed by atoms with Crippen molar-refractivity contribution in [3.63, 3.8) is 0 Å². The summed E-state index contributed by atoms with van der Waals surface area (Å²) >= 11 is 0. The second kappa shape index (κ2) is 4.59. The maximum atomic E-state index is 13.5. The fourth-order valence-electron chi connectivity index (χ4n) is 0.703. The minimum absolute atomic E-state index is 0.266. The molecule has 1 unspecified atom stereocenters. The van der Waals surface area contributed by atoms with E-state index in [2.05, 4.69) is 11.9 Å². The summed E-state index contributed by atoms with van der Waals surface area (Å²) < 4.78 is 13.5. The third-order valence-electron chi connectivity index (χ3n) is 1.42. The van der Waals surface area contributed by atoms with Gasteiger partial charge in [0.25, 0.3) is 0 Å². The summed E-state index contributed by atoms with van der Waals surface area (Å²) in [7, 11) is 0. The molecule has 0 saturated carbocycles. The summed E-state index contributed by atoms with van der Waals surface area (Å²) in [6.07, 6.45) is 5.78. The second-order valence-electron chi connectivity index (χ2n) is 2.56. The molecular weight excluding hydrogens is 155 g/mol. The van der Waals surface area contributed by atoms with Crippen molar-refractivity contribution in [2.45, 2.75) is 19.5 Å². The lowest BCUT2D eigenvalue weighted by Gasteiger charge is -2.18. The van der Waals surface area contributed by atoms with Gasteiger partial charge in [0.1, 0.15) is 0 Å². The molecule has 0 amide bonds. The van der Waals surface area contributed by atoms with E-state index in [9.17, 15) is 4.39 Å². The average Bonchev–Trinajstić information content (AvgIpc) is 2.00. The molecule has 0 spiro atoms.